The van der Waals surface area contributed by atoms with Gasteiger partial charge >= 0.3 is 0 Å². The van der Waals surface area contributed by atoms with Crippen molar-refractivity contribution in [2.24, 2.45) is 5.73 Å². The minimum atomic E-state index is -0.831. The van der Waals surface area contributed by atoms with Crippen LogP contribution in [-0.4, -0.2) is 42.2 Å². The molecule has 0 saturated carbocycles. The number of nitrogens with one attached hydrogen (secondary N) is 1. The van der Waals surface area contributed by atoms with E-state index >= 15 is 0 Å². The lowest BCUT2D eigenvalue weighted by molar-refractivity contribution is -0.123. The van der Waals surface area contributed by atoms with E-state index in [4.69, 9.17) is 15.6 Å². The predicted octanol–water partition coefficient (Wildman–Crippen LogP) is 2.60. The number of anilines is 1. The van der Waals surface area contributed by atoms with E-state index in [2.05, 4.69) is 25.4 Å². The Hall–Kier alpha value is -4.32. The topological polar surface area (TPSA) is 149 Å². The predicted molar refractivity (Wildman–Crippen MR) is 122 cm³/mol. The monoisotopic (exact) mass is 481 g/mol. The van der Waals surface area contributed by atoms with E-state index in [1.54, 1.807) is 32.0 Å². The van der Waals surface area contributed by atoms with Crippen molar-refractivity contribution in [2.45, 2.75) is 32.4 Å². The van der Waals surface area contributed by atoms with Crippen LogP contribution in [0.15, 0.2) is 36.5 Å². The van der Waals surface area contributed by atoms with Crippen LogP contribution >= 0.6 is 0 Å². The highest BCUT2D eigenvalue weighted by atomic mass is 19.1. The van der Waals surface area contributed by atoms with E-state index in [0.717, 1.165) is 6.20 Å². The molecule has 1 aromatic carbocycles. The van der Waals surface area contributed by atoms with Crippen LogP contribution < -0.4 is 11.1 Å². The molecular formula is C23H21F2N7O3. The molecule has 1 aliphatic heterocycles. The van der Waals surface area contributed by atoms with Gasteiger partial charge in [-0.25, -0.2) is 28.4 Å². The summed E-state index contributed by atoms with van der Waals surface area (Å²) in [5, 5.41) is 14.6. The second-order valence-electron chi connectivity index (χ2n) is 8.23. The minimum absolute atomic E-state index is 0.0801. The van der Waals surface area contributed by atoms with Gasteiger partial charge in [0, 0.05) is 17.7 Å². The molecule has 0 saturated heterocycles. The normalized spacial score (nSPS) is 13.7. The average Bonchev–Trinajstić information content (AvgIpc) is 3.28. The molecule has 0 spiro atoms. The summed E-state index contributed by atoms with van der Waals surface area (Å²) in [5.74, 6) is -0.627. The summed E-state index contributed by atoms with van der Waals surface area (Å²) in [6, 6.07) is 7.60. The van der Waals surface area contributed by atoms with Gasteiger partial charge in [-0.2, -0.15) is 5.10 Å². The average molecular weight is 481 g/mol. The summed E-state index contributed by atoms with van der Waals surface area (Å²) in [5.41, 5.74) is 7.25. The van der Waals surface area contributed by atoms with Gasteiger partial charge in [0.2, 0.25) is 5.91 Å². The number of carboxylic acid groups (broad SMARTS) is 1. The fourth-order valence-corrected chi connectivity index (χ4v) is 3.98. The van der Waals surface area contributed by atoms with Crippen LogP contribution in [0.2, 0.25) is 0 Å². The van der Waals surface area contributed by atoms with Crippen molar-refractivity contribution in [3.05, 3.63) is 65.0 Å². The molecule has 180 valence electrons. The highest BCUT2D eigenvalue weighted by Gasteiger charge is 2.42. The summed E-state index contributed by atoms with van der Waals surface area (Å²) < 4.78 is 29.8. The van der Waals surface area contributed by atoms with Crippen LogP contribution in [-0.2, 0) is 28.1 Å². The molecule has 0 unspecified atom stereocenters. The van der Waals surface area contributed by atoms with Crippen LogP contribution in [0.25, 0.3) is 22.6 Å². The number of carbonyl (C=O) groups is 2. The molecule has 12 heteroatoms. The molecule has 35 heavy (non-hydrogen) atoms. The first kappa shape index (κ1) is 23.8. The van der Waals surface area contributed by atoms with Crippen LogP contribution in [0.3, 0.4) is 0 Å². The van der Waals surface area contributed by atoms with Crippen LogP contribution in [0.1, 0.15) is 30.7 Å². The number of nitrogens with two attached hydrogens (primary N) is 1. The molecule has 1 amide bonds. The zero-order valence-electron chi connectivity index (χ0n) is 18.8. The molecule has 0 bridgehead atoms. The molecule has 0 atom stereocenters. The number of aromatic nitrogens is 5. The lowest BCUT2D eigenvalue weighted by atomic mass is 9.85. The number of hydrogen-bond donors (Lipinski definition) is 3. The molecule has 4 heterocycles. The van der Waals surface area contributed by atoms with Crippen molar-refractivity contribution in [1.82, 2.24) is 24.7 Å². The first-order valence-corrected chi connectivity index (χ1v) is 10.5. The Labute approximate surface area is 197 Å². The van der Waals surface area contributed by atoms with Gasteiger partial charge in [-0.05, 0) is 26.0 Å². The maximum atomic E-state index is 14.2. The van der Waals surface area contributed by atoms with Crippen LogP contribution in [0.5, 0.6) is 0 Å². The standard InChI is InChI=1S/C22H19F2N7O.CH2O2/c1-22(2)16-15(8-25)27-19(28-18(16)29-21(22)32)17-13-7-12(23)9-26-20(13)31(30-17)10-11-5-3-4-6-14(11)24;2-1-3/h3-7,9H,8,10,25H2,1-2H3,(H,27,28,29,32);1H,(H,2,3). The maximum absolute atomic E-state index is 14.2. The van der Waals surface area contributed by atoms with Crippen molar-refractivity contribution in [3.8, 4) is 11.5 Å². The molecule has 1 aliphatic rings. The third kappa shape index (κ3) is 4.19. The zero-order chi connectivity index (χ0) is 25.3. The first-order chi connectivity index (χ1) is 16.7. The van der Waals surface area contributed by atoms with Gasteiger partial charge in [-0.3, -0.25) is 9.59 Å². The van der Waals surface area contributed by atoms with E-state index in [1.165, 1.54) is 16.8 Å². The Morgan fingerprint density at radius 3 is 2.63 bits per heavy atom. The number of pyridine rings is 1. The number of nitrogens with zero attached hydrogens (tertiary/aromatic N) is 5. The molecule has 3 aromatic heterocycles. The second-order valence-corrected chi connectivity index (χ2v) is 8.23. The summed E-state index contributed by atoms with van der Waals surface area (Å²) >= 11 is 0. The van der Waals surface area contributed by atoms with Gasteiger partial charge in [-0.1, -0.05) is 18.2 Å². The van der Waals surface area contributed by atoms with Crippen molar-refractivity contribution in [1.29, 1.82) is 0 Å². The van der Waals surface area contributed by atoms with Gasteiger partial charge in [0.15, 0.2) is 11.5 Å². The number of carbonyl (C=O) groups excluding carboxylic acids is 1. The zero-order valence-corrected chi connectivity index (χ0v) is 18.8. The molecule has 4 aromatic rings. The summed E-state index contributed by atoms with van der Waals surface area (Å²) in [6.45, 7) is 3.46. The lowest BCUT2D eigenvalue weighted by Crippen LogP contribution is -2.28. The van der Waals surface area contributed by atoms with Crippen LogP contribution in [0.4, 0.5) is 14.6 Å². The number of halogens is 2. The van der Waals surface area contributed by atoms with Gasteiger partial charge in [-0.15, -0.1) is 0 Å². The van der Waals surface area contributed by atoms with Gasteiger partial charge < -0.3 is 16.2 Å². The van der Waals surface area contributed by atoms with Gasteiger partial charge in [0.1, 0.15) is 23.1 Å². The number of benzene rings is 1. The largest absolute Gasteiger partial charge is 0.483 e. The molecule has 4 N–H and O–H groups in total. The van der Waals surface area contributed by atoms with E-state index in [9.17, 15) is 13.6 Å². The summed E-state index contributed by atoms with van der Waals surface area (Å²) in [6.07, 6.45) is 1.07. The summed E-state index contributed by atoms with van der Waals surface area (Å²) in [7, 11) is 0. The Kier molecular flexibility index (Phi) is 6.22. The molecule has 0 radical (unpaired) electrons. The number of amides is 1. The van der Waals surface area contributed by atoms with E-state index < -0.39 is 11.2 Å². The maximum Gasteiger partial charge on any atom is 0.290 e. The Balaban J connectivity index is 0.000000917. The van der Waals surface area contributed by atoms with Gasteiger partial charge in [0.05, 0.1) is 29.2 Å². The quantitative estimate of drug-likeness (QED) is 0.377. The molecule has 10 nitrogen and oxygen atoms in total. The number of hydrogen-bond acceptors (Lipinski definition) is 7. The van der Waals surface area contributed by atoms with Crippen molar-refractivity contribution >= 4 is 29.2 Å². The molecule has 5 rings (SSSR count). The highest BCUT2D eigenvalue weighted by Crippen LogP contribution is 2.39. The molecule has 0 fully saturated rings. The minimum Gasteiger partial charge on any atom is -0.483 e. The van der Waals surface area contributed by atoms with Crippen molar-refractivity contribution in [3.63, 3.8) is 0 Å². The second kappa shape index (κ2) is 9.14. The van der Waals surface area contributed by atoms with Crippen LogP contribution in [0, 0.1) is 11.6 Å². The van der Waals surface area contributed by atoms with Gasteiger partial charge in [0.25, 0.3) is 6.47 Å². The third-order valence-electron chi connectivity index (χ3n) is 5.65. The van der Waals surface area contributed by atoms with Crippen molar-refractivity contribution in [2.75, 3.05) is 5.32 Å². The Morgan fingerprint density at radius 2 is 1.94 bits per heavy atom. The number of fused-ring (bicyclic) bond motifs is 2. The lowest BCUT2D eigenvalue weighted by Gasteiger charge is -2.17. The first-order valence-electron chi connectivity index (χ1n) is 10.5. The highest BCUT2D eigenvalue weighted by molar-refractivity contribution is 6.05. The summed E-state index contributed by atoms with van der Waals surface area (Å²) in [4.78, 5) is 34.0. The van der Waals surface area contributed by atoms with E-state index in [1.807, 2.05) is 0 Å². The SMILES string of the molecule is CC1(C)C(=O)Nc2nc(-c3nn(Cc4ccccc4F)c4ncc(F)cc34)nc(CN)c21.O=CO. The van der Waals surface area contributed by atoms with Crippen molar-refractivity contribution < 1.29 is 23.5 Å². The van der Waals surface area contributed by atoms with E-state index in [-0.39, 0.29) is 42.8 Å². The fraction of sp³-hybridized carbons (Fsp3) is 0.217. The Morgan fingerprint density at radius 1 is 1.23 bits per heavy atom. The Bertz CT molecular complexity index is 1450. The fourth-order valence-electron chi connectivity index (χ4n) is 3.98. The smallest absolute Gasteiger partial charge is 0.290 e. The molecule has 0 aliphatic carbocycles. The molecular weight excluding hydrogens is 460 g/mol. The number of rotatable bonds is 4. The van der Waals surface area contributed by atoms with E-state index in [0.29, 0.717) is 33.7 Å². The third-order valence-corrected chi connectivity index (χ3v) is 5.65.